The summed E-state index contributed by atoms with van der Waals surface area (Å²) in [6.07, 6.45) is 3.24. The topological polar surface area (TPSA) is 97.5 Å². The summed E-state index contributed by atoms with van der Waals surface area (Å²) in [5.74, 6) is 0.733. The summed E-state index contributed by atoms with van der Waals surface area (Å²) in [5.41, 5.74) is 5.64. The van der Waals surface area contributed by atoms with Gasteiger partial charge in [0.25, 0.3) is 10.1 Å². The number of nitrogens with zero attached hydrogens (tertiary/aromatic N) is 4. The van der Waals surface area contributed by atoms with Crippen molar-refractivity contribution in [2.45, 2.75) is 24.7 Å². The molecule has 0 aliphatic carbocycles. The molecular formula is C26H28N4O4S. The van der Waals surface area contributed by atoms with E-state index in [4.69, 9.17) is 4.74 Å². The molecule has 0 atom stereocenters. The van der Waals surface area contributed by atoms with E-state index < -0.39 is 10.1 Å². The highest BCUT2D eigenvalue weighted by Gasteiger charge is 2.11. The van der Waals surface area contributed by atoms with Crippen LogP contribution >= 0.6 is 0 Å². The first-order chi connectivity index (χ1) is 16.7. The van der Waals surface area contributed by atoms with E-state index in [0.717, 1.165) is 39.5 Å². The molecule has 182 valence electrons. The highest BCUT2D eigenvalue weighted by molar-refractivity contribution is 7.85. The number of anilines is 1. The van der Waals surface area contributed by atoms with Crippen molar-refractivity contribution >= 4 is 15.8 Å². The molecule has 0 radical (unpaired) electrons. The Bertz CT molecular complexity index is 1400. The molecule has 1 aromatic heterocycles. The average Bonchev–Trinajstić information content (AvgIpc) is 3.33. The summed E-state index contributed by atoms with van der Waals surface area (Å²) in [7, 11) is -0.197. The minimum Gasteiger partial charge on any atom is -0.494 e. The molecule has 9 heteroatoms. The van der Waals surface area contributed by atoms with Gasteiger partial charge in [0, 0.05) is 25.3 Å². The smallest absolute Gasteiger partial charge is 0.294 e. The summed E-state index contributed by atoms with van der Waals surface area (Å²) in [4.78, 5) is 1.96. The minimum absolute atomic E-state index is 0.0866. The number of benzene rings is 3. The Morgan fingerprint density at radius 3 is 2.37 bits per heavy atom. The largest absolute Gasteiger partial charge is 0.494 e. The zero-order valence-electron chi connectivity index (χ0n) is 19.9. The van der Waals surface area contributed by atoms with E-state index in [-0.39, 0.29) is 4.90 Å². The Kier molecular flexibility index (Phi) is 7.18. The number of hydrogen-bond donors (Lipinski definition) is 1. The van der Waals surface area contributed by atoms with E-state index in [1.807, 2.05) is 80.6 Å². The maximum atomic E-state index is 11.4. The molecule has 0 fully saturated rings. The quantitative estimate of drug-likeness (QED) is 0.270. The molecule has 4 aromatic rings. The van der Waals surface area contributed by atoms with Crippen molar-refractivity contribution in [2.24, 2.45) is 0 Å². The Morgan fingerprint density at radius 2 is 1.71 bits per heavy atom. The van der Waals surface area contributed by atoms with Crippen LogP contribution in [0.4, 0.5) is 5.69 Å². The number of hydrogen-bond acceptors (Lipinski definition) is 6. The van der Waals surface area contributed by atoms with Crippen molar-refractivity contribution in [2.75, 3.05) is 25.6 Å². The van der Waals surface area contributed by atoms with E-state index in [1.165, 1.54) is 12.1 Å². The molecule has 1 N–H and O–H groups in total. The fraction of sp³-hybridized carbons (Fsp3) is 0.231. The molecule has 0 aliphatic heterocycles. The van der Waals surface area contributed by atoms with Gasteiger partial charge in [-0.05, 0) is 79.4 Å². The molecule has 0 spiro atoms. The molecule has 0 saturated heterocycles. The lowest BCUT2D eigenvalue weighted by Crippen LogP contribution is -2.07. The lowest BCUT2D eigenvalue weighted by molar-refractivity contribution is 0.311. The Hall–Kier alpha value is -3.69. The van der Waals surface area contributed by atoms with Gasteiger partial charge in [-0.2, -0.15) is 8.42 Å². The van der Waals surface area contributed by atoms with Gasteiger partial charge in [0.15, 0.2) is 0 Å². The van der Waals surface area contributed by atoms with E-state index in [2.05, 4.69) is 10.3 Å². The van der Waals surface area contributed by atoms with Gasteiger partial charge >= 0.3 is 0 Å². The Labute approximate surface area is 205 Å². The monoisotopic (exact) mass is 492 g/mol. The van der Waals surface area contributed by atoms with Crippen LogP contribution in [0, 0.1) is 6.92 Å². The molecule has 35 heavy (non-hydrogen) atoms. The van der Waals surface area contributed by atoms with Crippen LogP contribution in [-0.2, 0) is 16.5 Å². The van der Waals surface area contributed by atoms with Gasteiger partial charge in [-0.15, -0.1) is 5.10 Å². The van der Waals surface area contributed by atoms with Gasteiger partial charge in [-0.25, -0.2) is 4.68 Å². The van der Waals surface area contributed by atoms with Crippen LogP contribution in [0.1, 0.15) is 17.5 Å². The van der Waals surface area contributed by atoms with Gasteiger partial charge in [0.05, 0.1) is 23.4 Å². The maximum absolute atomic E-state index is 11.4. The van der Waals surface area contributed by atoms with E-state index >= 15 is 0 Å². The van der Waals surface area contributed by atoms with Gasteiger partial charge < -0.3 is 9.64 Å². The number of aryl methyl sites for hydroxylation is 2. The Morgan fingerprint density at radius 1 is 1.00 bits per heavy atom. The summed E-state index contributed by atoms with van der Waals surface area (Å²) in [6, 6.07) is 20.4. The van der Waals surface area contributed by atoms with Gasteiger partial charge in [0.1, 0.15) is 11.4 Å². The lowest BCUT2D eigenvalue weighted by Gasteiger charge is -2.11. The standard InChI is InChI=1S/C26H28N4O4S/c1-19-6-15-25(35(31,32)33)17-21(19)5-4-16-34-24-13-11-23(12-14-24)30-18-26(27-28-30)20-7-9-22(10-8-20)29(2)3/h6-15,17-18H,4-5,16H2,1-3H3,(H,31,32,33). The van der Waals surface area contributed by atoms with Crippen LogP contribution in [0.2, 0.25) is 0 Å². The van der Waals surface area contributed by atoms with Gasteiger partial charge in [-0.3, -0.25) is 4.55 Å². The van der Waals surface area contributed by atoms with Crippen molar-refractivity contribution in [3.63, 3.8) is 0 Å². The molecule has 0 aliphatic rings. The van der Waals surface area contributed by atoms with Crippen molar-refractivity contribution in [1.29, 1.82) is 0 Å². The van der Waals surface area contributed by atoms with Gasteiger partial charge in [0.2, 0.25) is 0 Å². The molecular weight excluding hydrogens is 464 g/mol. The first-order valence-corrected chi connectivity index (χ1v) is 12.6. The molecule has 3 aromatic carbocycles. The Balaban J connectivity index is 1.33. The minimum atomic E-state index is -4.21. The molecule has 4 rings (SSSR count). The van der Waals surface area contributed by atoms with Crippen molar-refractivity contribution in [3.8, 4) is 22.7 Å². The van der Waals surface area contributed by atoms with Crippen molar-refractivity contribution < 1.29 is 17.7 Å². The first kappa shape index (κ1) is 24.4. The third-order valence-corrected chi connectivity index (χ3v) is 6.60. The highest BCUT2D eigenvalue weighted by Crippen LogP contribution is 2.22. The lowest BCUT2D eigenvalue weighted by atomic mass is 10.0. The predicted molar refractivity (Wildman–Crippen MR) is 136 cm³/mol. The first-order valence-electron chi connectivity index (χ1n) is 11.2. The van der Waals surface area contributed by atoms with Crippen LogP contribution in [0.3, 0.4) is 0 Å². The fourth-order valence-corrected chi connectivity index (χ4v) is 4.21. The van der Waals surface area contributed by atoms with Crippen molar-refractivity contribution in [3.05, 3.63) is 84.1 Å². The molecule has 8 nitrogen and oxygen atoms in total. The SMILES string of the molecule is Cc1ccc(S(=O)(=O)O)cc1CCCOc1ccc(-n2cc(-c3ccc(N(C)C)cc3)nn2)cc1. The third kappa shape index (κ3) is 6.06. The van der Waals surface area contributed by atoms with Crippen LogP contribution < -0.4 is 9.64 Å². The highest BCUT2D eigenvalue weighted by atomic mass is 32.2. The normalized spacial score (nSPS) is 11.4. The average molecular weight is 493 g/mol. The van der Waals surface area contributed by atoms with E-state index in [1.54, 1.807) is 10.7 Å². The van der Waals surface area contributed by atoms with Crippen LogP contribution in [0.25, 0.3) is 16.9 Å². The zero-order valence-corrected chi connectivity index (χ0v) is 20.7. The summed E-state index contributed by atoms with van der Waals surface area (Å²) in [6.45, 7) is 2.39. The second kappa shape index (κ2) is 10.3. The molecule has 0 bridgehead atoms. The molecule has 0 unspecified atom stereocenters. The maximum Gasteiger partial charge on any atom is 0.294 e. The summed E-state index contributed by atoms with van der Waals surface area (Å²) < 4.78 is 39.6. The number of ether oxygens (including phenoxy) is 1. The second-order valence-corrected chi connectivity index (χ2v) is 9.92. The predicted octanol–water partition coefficient (Wildman–Crippen LogP) is 4.57. The summed E-state index contributed by atoms with van der Waals surface area (Å²) in [5, 5.41) is 8.54. The van der Waals surface area contributed by atoms with Crippen LogP contribution in [0.5, 0.6) is 5.75 Å². The zero-order chi connectivity index (χ0) is 25.0. The molecule has 0 saturated carbocycles. The van der Waals surface area contributed by atoms with E-state index in [9.17, 15) is 13.0 Å². The van der Waals surface area contributed by atoms with Crippen LogP contribution in [0.15, 0.2) is 77.8 Å². The second-order valence-electron chi connectivity index (χ2n) is 8.50. The third-order valence-electron chi connectivity index (χ3n) is 5.75. The fourth-order valence-electron chi connectivity index (χ4n) is 3.68. The number of rotatable bonds is 9. The summed E-state index contributed by atoms with van der Waals surface area (Å²) >= 11 is 0. The van der Waals surface area contributed by atoms with Gasteiger partial charge in [-0.1, -0.05) is 23.4 Å². The van der Waals surface area contributed by atoms with E-state index in [0.29, 0.717) is 19.4 Å². The van der Waals surface area contributed by atoms with Crippen LogP contribution in [-0.4, -0.2) is 48.7 Å². The van der Waals surface area contributed by atoms with Crippen molar-refractivity contribution in [1.82, 2.24) is 15.0 Å². The number of aromatic nitrogens is 3. The molecule has 0 amide bonds. The molecule has 1 heterocycles.